The van der Waals surface area contributed by atoms with Gasteiger partial charge in [0.05, 0.1) is 38.1 Å². The van der Waals surface area contributed by atoms with Crippen LogP contribution < -0.4 is 29.7 Å². The summed E-state index contributed by atoms with van der Waals surface area (Å²) >= 11 is 0. The monoisotopic (exact) mass is 547 g/mol. The van der Waals surface area contributed by atoms with Crippen LogP contribution in [0.1, 0.15) is 53.5 Å². The van der Waals surface area contributed by atoms with Gasteiger partial charge in [-0.05, 0) is 92.6 Å². The first-order chi connectivity index (χ1) is 19.4. The number of hydrazone groups is 1. The standard InChI is InChI=1S/C30H33N3O7/c1-4-17-39-25-12-8-22(9-13-25)29(35)31-20-28(34)33-32-19-21-7-16-26(27(18-21)38-6-3)40-30(36)23-10-14-24(15-11-23)37-5-2/h7-16,18-19H,4-6,17,20H2,1-3H3,(H,31,35)(H,33,34)/b32-19+. The number of amides is 2. The molecule has 0 aliphatic heterocycles. The molecule has 0 spiro atoms. The summed E-state index contributed by atoms with van der Waals surface area (Å²) in [6.45, 7) is 6.92. The number of nitrogens with one attached hydrogen (secondary N) is 2. The highest BCUT2D eigenvalue weighted by molar-refractivity contribution is 5.96. The molecule has 2 N–H and O–H groups in total. The van der Waals surface area contributed by atoms with Crippen LogP contribution in [-0.4, -0.2) is 50.4 Å². The number of hydrogen-bond donors (Lipinski definition) is 2. The molecule has 0 bridgehead atoms. The summed E-state index contributed by atoms with van der Waals surface area (Å²) < 4.78 is 22.0. The van der Waals surface area contributed by atoms with E-state index in [1.807, 2.05) is 20.8 Å². The SMILES string of the molecule is CCCOc1ccc(C(=O)NCC(=O)N/N=C/c2ccc(OC(=O)c3ccc(OCC)cc3)c(OCC)c2)cc1. The lowest BCUT2D eigenvalue weighted by Crippen LogP contribution is -2.34. The number of esters is 1. The predicted octanol–water partition coefficient (Wildman–Crippen LogP) is 4.37. The van der Waals surface area contributed by atoms with Crippen molar-refractivity contribution in [3.05, 3.63) is 83.4 Å². The molecule has 0 atom stereocenters. The van der Waals surface area contributed by atoms with Crippen LogP contribution in [0, 0.1) is 0 Å². The normalized spacial score (nSPS) is 10.6. The van der Waals surface area contributed by atoms with Gasteiger partial charge < -0.3 is 24.3 Å². The molecule has 0 saturated heterocycles. The Morgan fingerprint density at radius 2 is 1.43 bits per heavy atom. The smallest absolute Gasteiger partial charge is 0.343 e. The van der Waals surface area contributed by atoms with Crippen LogP contribution in [0.2, 0.25) is 0 Å². The quantitative estimate of drug-likeness (QED) is 0.133. The van der Waals surface area contributed by atoms with Crippen molar-refractivity contribution in [3.8, 4) is 23.0 Å². The summed E-state index contributed by atoms with van der Waals surface area (Å²) in [5.41, 5.74) is 3.73. The zero-order chi connectivity index (χ0) is 28.7. The molecule has 0 radical (unpaired) electrons. The lowest BCUT2D eigenvalue weighted by Gasteiger charge is -2.11. The van der Waals surface area contributed by atoms with Crippen molar-refractivity contribution in [2.24, 2.45) is 5.10 Å². The topological polar surface area (TPSA) is 125 Å². The van der Waals surface area contributed by atoms with Crippen molar-refractivity contribution in [1.82, 2.24) is 10.7 Å². The maximum absolute atomic E-state index is 12.6. The fraction of sp³-hybridized carbons (Fsp3) is 0.267. The van der Waals surface area contributed by atoms with Gasteiger partial charge in [-0.2, -0.15) is 5.10 Å². The Morgan fingerprint density at radius 3 is 2.08 bits per heavy atom. The Hall–Kier alpha value is -4.86. The first kappa shape index (κ1) is 29.7. The molecular weight excluding hydrogens is 514 g/mol. The van der Waals surface area contributed by atoms with Gasteiger partial charge in [-0.1, -0.05) is 6.92 Å². The van der Waals surface area contributed by atoms with Crippen LogP contribution in [0.4, 0.5) is 0 Å². The van der Waals surface area contributed by atoms with Crippen LogP contribution in [0.5, 0.6) is 23.0 Å². The second-order valence-corrected chi connectivity index (χ2v) is 8.33. The number of rotatable bonds is 14. The van der Waals surface area contributed by atoms with Gasteiger partial charge in [-0.3, -0.25) is 9.59 Å². The highest BCUT2D eigenvalue weighted by Gasteiger charge is 2.14. The molecule has 10 heteroatoms. The Balaban J connectivity index is 1.52. The summed E-state index contributed by atoms with van der Waals surface area (Å²) in [4.78, 5) is 37.0. The average Bonchev–Trinajstić information content (AvgIpc) is 2.97. The summed E-state index contributed by atoms with van der Waals surface area (Å²) in [5.74, 6) is 0.494. The van der Waals surface area contributed by atoms with Crippen LogP contribution >= 0.6 is 0 Å². The van der Waals surface area contributed by atoms with Gasteiger partial charge in [0.2, 0.25) is 0 Å². The summed E-state index contributed by atoms with van der Waals surface area (Å²) in [6, 6.07) is 18.2. The first-order valence-corrected chi connectivity index (χ1v) is 13.0. The summed E-state index contributed by atoms with van der Waals surface area (Å²) in [7, 11) is 0. The molecule has 2 amide bonds. The second-order valence-electron chi connectivity index (χ2n) is 8.33. The molecule has 3 rings (SSSR count). The number of carbonyl (C=O) groups excluding carboxylic acids is 3. The van der Waals surface area contributed by atoms with Gasteiger partial charge in [0.1, 0.15) is 11.5 Å². The largest absolute Gasteiger partial charge is 0.494 e. The molecule has 0 aliphatic carbocycles. The van der Waals surface area contributed by atoms with E-state index < -0.39 is 17.8 Å². The van der Waals surface area contributed by atoms with Crippen molar-refractivity contribution in [2.45, 2.75) is 27.2 Å². The zero-order valence-electron chi connectivity index (χ0n) is 22.8. The van der Waals surface area contributed by atoms with E-state index in [9.17, 15) is 14.4 Å². The zero-order valence-corrected chi connectivity index (χ0v) is 22.8. The van der Waals surface area contributed by atoms with E-state index in [0.29, 0.717) is 53.8 Å². The fourth-order valence-corrected chi connectivity index (χ4v) is 3.37. The van der Waals surface area contributed by atoms with Gasteiger partial charge in [0.15, 0.2) is 11.5 Å². The summed E-state index contributed by atoms with van der Waals surface area (Å²) in [5, 5.41) is 6.47. The van der Waals surface area contributed by atoms with Crippen molar-refractivity contribution < 1.29 is 33.3 Å². The molecule has 0 unspecified atom stereocenters. The molecule has 10 nitrogen and oxygen atoms in total. The lowest BCUT2D eigenvalue weighted by molar-refractivity contribution is -0.120. The predicted molar refractivity (Wildman–Crippen MR) is 150 cm³/mol. The molecule has 0 saturated carbocycles. The van der Waals surface area contributed by atoms with E-state index in [2.05, 4.69) is 15.8 Å². The third-order valence-corrected chi connectivity index (χ3v) is 5.27. The Labute approximate surface area is 233 Å². The highest BCUT2D eigenvalue weighted by Crippen LogP contribution is 2.29. The van der Waals surface area contributed by atoms with E-state index in [4.69, 9.17) is 18.9 Å². The maximum atomic E-state index is 12.6. The minimum absolute atomic E-state index is 0.245. The number of ether oxygens (including phenoxy) is 4. The van der Waals surface area contributed by atoms with Crippen molar-refractivity contribution in [1.29, 1.82) is 0 Å². The third kappa shape index (κ3) is 9.16. The van der Waals surface area contributed by atoms with Crippen molar-refractivity contribution in [2.75, 3.05) is 26.4 Å². The number of carbonyl (C=O) groups is 3. The van der Waals surface area contributed by atoms with E-state index in [1.54, 1.807) is 66.7 Å². The maximum Gasteiger partial charge on any atom is 0.343 e. The molecule has 0 fully saturated rings. The third-order valence-electron chi connectivity index (χ3n) is 5.27. The number of nitrogens with zero attached hydrogens (tertiary/aromatic N) is 1. The minimum Gasteiger partial charge on any atom is -0.494 e. The molecule has 0 aromatic heterocycles. The van der Waals surface area contributed by atoms with Gasteiger partial charge in [-0.15, -0.1) is 0 Å². The molecule has 40 heavy (non-hydrogen) atoms. The molecule has 3 aromatic rings. The molecule has 0 heterocycles. The average molecular weight is 548 g/mol. The molecule has 0 aliphatic rings. The van der Waals surface area contributed by atoms with Gasteiger partial charge in [-0.25, -0.2) is 10.2 Å². The van der Waals surface area contributed by atoms with E-state index >= 15 is 0 Å². The highest BCUT2D eigenvalue weighted by atomic mass is 16.6. The molecular formula is C30H33N3O7. The van der Waals surface area contributed by atoms with Crippen LogP contribution in [0.3, 0.4) is 0 Å². The van der Waals surface area contributed by atoms with Crippen molar-refractivity contribution in [3.63, 3.8) is 0 Å². The van der Waals surface area contributed by atoms with Gasteiger partial charge >= 0.3 is 5.97 Å². The summed E-state index contributed by atoms with van der Waals surface area (Å²) in [6.07, 6.45) is 2.30. The van der Waals surface area contributed by atoms with Crippen molar-refractivity contribution >= 4 is 24.0 Å². The van der Waals surface area contributed by atoms with Crippen LogP contribution in [0.25, 0.3) is 0 Å². The Kier molecular flexibility index (Phi) is 11.5. The molecule has 3 aromatic carbocycles. The fourth-order valence-electron chi connectivity index (χ4n) is 3.37. The second kappa shape index (κ2) is 15.5. The minimum atomic E-state index is -0.541. The Bertz CT molecular complexity index is 1310. The van der Waals surface area contributed by atoms with E-state index in [-0.39, 0.29) is 12.3 Å². The Morgan fingerprint density at radius 1 is 0.775 bits per heavy atom. The molecule has 210 valence electrons. The first-order valence-electron chi connectivity index (χ1n) is 13.0. The van der Waals surface area contributed by atoms with Crippen LogP contribution in [0.15, 0.2) is 71.8 Å². The van der Waals surface area contributed by atoms with Gasteiger partial charge in [0.25, 0.3) is 11.8 Å². The number of hydrogen-bond acceptors (Lipinski definition) is 8. The van der Waals surface area contributed by atoms with E-state index in [0.717, 1.165) is 6.42 Å². The van der Waals surface area contributed by atoms with Crippen LogP contribution in [-0.2, 0) is 4.79 Å². The van der Waals surface area contributed by atoms with E-state index in [1.165, 1.54) is 6.21 Å². The lowest BCUT2D eigenvalue weighted by atomic mass is 10.2. The number of benzene rings is 3. The van der Waals surface area contributed by atoms with Gasteiger partial charge in [0, 0.05) is 5.56 Å².